The number of nitrogens with one attached hydrogen (secondary N) is 1. The van der Waals surface area contributed by atoms with E-state index >= 15 is 0 Å². The summed E-state index contributed by atoms with van der Waals surface area (Å²) in [5, 5.41) is 13.7. The van der Waals surface area contributed by atoms with Gasteiger partial charge in [0.05, 0.1) is 11.0 Å². The zero-order valence-corrected chi connectivity index (χ0v) is 19.4. The second-order valence-corrected chi connectivity index (χ2v) is 9.47. The Morgan fingerprint density at radius 3 is 2.72 bits per heavy atom. The van der Waals surface area contributed by atoms with Crippen molar-refractivity contribution in [1.82, 2.24) is 15.1 Å². The van der Waals surface area contributed by atoms with Crippen LogP contribution in [0.2, 0.25) is 0 Å². The zero-order chi connectivity index (χ0) is 25.2. The fourth-order valence-corrected chi connectivity index (χ4v) is 5.75. The number of anilines is 1. The molecule has 12 heteroatoms. The van der Waals surface area contributed by atoms with Gasteiger partial charge >= 0.3 is 6.03 Å². The van der Waals surface area contributed by atoms with Crippen molar-refractivity contribution in [2.75, 3.05) is 38.4 Å². The summed E-state index contributed by atoms with van der Waals surface area (Å²) in [6.45, 7) is 2.27. The first-order chi connectivity index (χ1) is 17.3. The molecule has 2 aromatic carbocycles. The van der Waals surface area contributed by atoms with Crippen LogP contribution in [0.3, 0.4) is 0 Å². The van der Waals surface area contributed by atoms with E-state index in [4.69, 9.17) is 9.47 Å². The highest BCUT2D eigenvalue weighted by Gasteiger charge is 2.62. The van der Waals surface area contributed by atoms with Crippen LogP contribution in [0, 0.1) is 15.5 Å². The maximum absolute atomic E-state index is 13.6. The fraction of sp³-hybridized carbons (Fsp3) is 0.375. The largest absolute Gasteiger partial charge is 0.454 e. The summed E-state index contributed by atoms with van der Waals surface area (Å²) in [6, 6.07) is 8.92. The van der Waals surface area contributed by atoms with Gasteiger partial charge in [-0.2, -0.15) is 0 Å². The zero-order valence-electron chi connectivity index (χ0n) is 19.4. The van der Waals surface area contributed by atoms with Gasteiger partial charge in [0.15, 0.2) is 16.9 Å². The quantitative estimate of drug-likeness (QED) is 0.381. The van der Waals surface area contributed by atoms with Crippen molar-refractivity contribution in [2.45, 2.75) is 19.0 Å². The summed E-state index contributed by atoms with van der Waals surface area (Å²) in [5.41, 5.74) is 0.588. The first-order valence-electron chi connectivity index (χ1n) is 11.6. The third kappa shape index (κ3) is 3.21. The summed E-state index contributed by atoms with van der Waals surface area (Å²) in [6.07, 6.45) is -0.0364. The molecule has 4 aliphatic heterocycles. The number of ether oxygens (including phenoxy) is 2. The van der Waals surface area contributed by atoms with Crippen molar-refractivity contribution in [1.29, 1.82) is 0 Å². The summed E-state index contributed by atoms with van der Waals surface area (Å²) in [7, 11) is 1.34. The van der Waals surface area contributed by atoms with Crippen LogP contribution in [0.1, 0.15) is 11.1 Å². The molecule has 4 aliphatic rings. The second-order valence-electron chi connectivity index (χ2n) is 9.47. The lowest BCUT2D eigenvalue weighted by molar-refractivity contribution is -0.384. The van der Waals surface area contributed by atoms with Gasteiger partial charge in [-0.05, 0) is 29.3 Å². The lowest BCUT2D eigenvalue weighted by atomic mass is 9.67. The average molecular weight is 493 g/mol. The minimum Gasteiger partial charge on any atom is -0.454 e. The van der Waals surface area contributed by atoms with Crippen molar-refractivity contribution >= 4 is 29.2 Å². The van der Waals surface area contributed by atoms with Crippen molar-refractivity contribution < 1.29 is 28.8 Å². The van der Waals surface area contributed by atoms with Crippen LogP contribution in [0.4, 0.5) is 16.2 Å². The Morgan fingerprint density at radius 2 is 1.92 bits per heavy atom. The highest BCUT2D eigenvalue weighted by molar-refractivity contribution is 6.20. The number of amides is 4. The van der Waals surface area contributed by atoms with E-state index < -0.39 is 34.2 Å². The molecule has 2 aromatic rings. The number of benzene rings is 2. The van der Waals surface area contributed by atoms with Crippen LogP contribution in [0.5, 0.6) is 11.5 Å². The van der Waals surface area contributed by atoms with Gasteiger partial charge in [-0.1, -0.05) is 6.07 Å². The highest BCUT2D eigenvalue weighted by atomic mass is 16.7. The minimum atomic E-state index is -1.60. The molecular weight excluding hydrogens is 470 g/mol. The summed E-state index contributed by atoms with van der Waals surface area (Å²) in [5.74, 6) is 0.0940. The van der Waals surface area contributed by atoms with E-state index in [0.29, 0.717) is 43.2 Å². The van der Waals surface area contributed by atoms with Gasteiger partial charge in [0, 0.05) is 57.5 Å². The number of carbonyl (C=O) groups excluding carboxylic acids is 3. The lowest BCUT2D eigenvalue weighted by Crippen LogP contribution is -2.74. The molecule has 0 bridgehead atoms. The van der Waals surface area contributed by atoms with Crippen molar-refractivity contribution in [3.8, 4) is 11.5 Å². The number of hydrogen-bond donors (Lipinski definition) is 1. The van der Waals surface area contributed by atoms with Crippen molar-refractivity contribution in [2.24, 2.45) is 5.41 Å². The molecule has 0 aromatic heterocycles. The Bertz CT molecular complexity index is 1330. The number of fused-ring (bicyclic) bond motifs is 5. The van der Waals surface area contributed by atoms with Crippen LogP contribution in [0.15, 0.2) is 36.4 Å². The number of rotatable bonds is 3. The molecule has 12 nitrogen and oxygen atoms in total. The Balaban J connectivity index is 1.38. The van der Waals surface area contributed by atoms with Crippen LogP contribution >= 0.6 is 0 Å². The molecule has 4 amide bonds. The average Bonchev–Trinajstić information content (AvgIpc) is 3.34. The topological polar surface area (TPSA) is 135 Å². The Hall–Kier alpha value is -4.19. The van der Waals surface area contributed by atoms with Crippen LogP contribution < -0.4 is 19.7 Å². The number of barbiturate groups is 1. The maximum atomic E-state index is 13.6. The standard InChI is InChI=1S/C24H23N5O7/c1-26-22(31)24(21(30)25-23(26)32)10-15-9-16(29(33)34)3-4-17(15)28-7-6-27(12-20(24)28)11-14-2-5-18-19(8-14)36-13-35-18/h2-5,8-9,20H,6-7,10-13H2,1H3,(H,25,30,32)/t20-,24-/m0/s1. The maximum Gasteiger partial charge on any atom is 0.330 e. The van der Waals surface area contributed by atoms with Gasteiger partial charge in [0.2, 0.25) is 18.6 Å². The Morgan fingerprint density at radius 1 is 1.11 bits per heavy atom. The van der Waals surface area contributed by atoms with Crippen LogP contribution in [-0.4, -0.2) is 72.1 Å². The van der Waals surface area contributed by atoms with E-state index in [2.05, 4.69) is 10.2 Å². The summed E-state index contributed by atoms with van der Waals surface area (Å²) in [4.78, 5) is 55.3. The number of carbonyl (C=O) groups is 3. The van der Waals surface area contributed by atoms with Gasteiger partial charge in [-0.25, -0.2) is 4.79 Å². The first kappa shape index (κ1) is 22.3. The van der Waals surface area contributed by atoms with Gasteiger partial charge in [0.25, 0.3) is 5.69 Å². The second kappa shape index (κ2) is 7.92. The molecular formula is C24H23N5O7. The highest BCUT2D eigenvalue weighted by Crippen LogP contribution is 2.46. The monoisotopic (exact) mass is 493 g/mol. The fourth-order valence-electron chi connectivity index (χ4n) is 5.75. The van der Waals surface area contributed by atoms with Gasteiger partial charge in [0.1, 0.15) is 0 Å². The molecule has 186 valence electrons. The molecule has 0 unspecified atom stereocenters. The molecule has 0 aliphatic carbocycles. The van der Waals surface area contributed by atoms with E-state index in [1.807, 2.05) is 23.1 Å². The molecule has 0 saturated carbocycles. The summed E-state index contributed by atoms with van der Waals surface area (Å²) >= 11 is 0. The molecule has 36 heavy (non-hydrogen) atoms. The molecule has 2 fully saturated rings. The smallest absolute Gasteiger partial charge is 0.330 e. The number of hydrogen-bond acceptors (Lipinski definition) is 9. The van der Waals surface area contributed by atoms with E-state index in [1.54, 1.807) is 6.07 Å². The predicted octanol–water partition coefficient (Wildman–Crippen LogP) is 1.26. The van der Waals surface area contributed by atoms with E-state index in [1.165, 1.54) is 19.2 Å². The SMILES string of the molecule is CN1C(=O)NC(=O)[C@@]2(Cc3cc([N+](=O)[O-])ccc3N3CCN(Cc4ccc5c(c4)OCO5)C[C@H]32)C1=O. The van der Waals surface area contributed by atoms with E-state index in [0.717, 1.165) is 16.2 Å². The third-order valence-corrected chi connectivity index (χ3v) is 7.55. The number of imide groups is 2. The van der Waals surface area contributed by atoms with E-state index in [9.17, 15) is 24.5 Å². The normalized spacial score (nSPS) is 25.0. The van der Waals surface area contributed by atoms with Gasteiger partial charge in [-0.15, -0.1) is 0 Å². The number of nitrogens with zero attached hydrogens (tertiary/aromatic N) is 4. The van der Waals surface area contributed by atoms with E-state index in [-0.39, 0.29) is 18.9 Å². The van der Waals surface area contributed by atoms with Crippen LogP contribution in [0.25, 0.3) is 0 Å². The molecule has 1 spiro atoms. The van der Waals surface area contributed by atoms with Crippen molar-refractivity contribution in [3.05, 3.63) is 57.6 Å². The molecule has 6 rings (SSSR count). The molecule has 0 radical (unpaired) electrons. The number of non-ortho nitro benzene ring substituents is 1. The predicted molar refractivity (Wildman–Crippen MR) is 125 cm³/mol. The molecule has 2 atom stereocenters. The number of urea groups is 1. The number of nitro groups is 1. The minimum absolute atomic E-state index is 0.0364. The van der Waals surface area contributed by atoms with Crippen LogP contribution in [-0.2, 0) is 22.6 Å². The number of nitro benzene ring substituents is 1. The van der Waals surface area contributed by atoms with Crippen molar-refractivity contribution in [3.63, 3.8) is 0 Å². The first-order valence-corrected chi connectivity index (χ1v) is 11.6. The third-order valence-electron chi connectivity index (χ3n) is 7.55. The van der Waals surface area contributed by atoms with Gasteiger partial charge < -0.3 is 14.4 Å². The Labute approximate surface area is 205 Å². The number of piperazine rings is 1. The Kier molecular flexibility index (Phi) is 4.90. The molecule has 4 heterocycles. The molecule has 1 N–H and O–H groups in total. The lowest BCUT2D eigenvalue weighted by Gasteiger charge is -2.55. The summed E-state index contributed by atoms with van der Waals surface area (Å²) < 4.78 is 10.9. The van der Waals surface area contributed by atoms with Gasteiger partial charge in [-0.3, -0.25) is 34.8 Å². The molecule has 2 saturated heterocycles.